The molecule has 1 amide bonds. The first-order chi connectivity index (χ1) is 17.4. The molecule has 0 aliphatic heterocycles. The Hall–Kier alpha value is -3.55. The molecule has 0 unspecified atom stereocenters. The minimum absolute atomic E-state index is 0.260. The molecule has 7 heteroatoms. The summed E-state index contributed by atoms with van der Waals surface area (Å²) in [5, 5.41) is 2.80. The molecule has 36 heavy (non-hydrogen) atoms. The van der Waals surface area contributed by atoms with E-state index in [-0.39, 0.29) is 17.3 Å². The summed E-state index contributed by atoms with van der Waals surface area (Å²) < 4.78 is 6.62. The number of ketones is 1. The average Bonchev–Trinajstić information content (AvgIpc) is 2.92. The second kappa shape index (κ2) is 11.9. The number of anilines is 1. The van der Waals surface area contributed by atoms with E-state index in [1.165, 1.54) is 0 Å². The number of esters is 1. The van der Waals surface area contributed by atoms with Crippen molar-refractivity contribution in [1.29, 1.82) is 0 Å². The minimum atomic E-state index is -1.08. The molecule has 0 saturated carbocycles. The van der Waals surface area contributed by atoms with Gasteiger partial charge in [0.05, 0.1) is 10.4 Å². The van der Waals surface area contributed by atoms with Crippen LogP contribution < -0.4 is 5.32 Å². The maximum atomic E-state index is 13.3. The average molecular weight is 607 g/mol. The van der Waals surface area contributed by atoms with Crippen LogP contribution in [0, 0.1) is 0 Å². The highest BCUT2D eigenvalue weighted by atomic mass is 79.9. The lowest BCUT2D eigenvalue weighted by Crippen LogP contribution is -2.31. The first kappa shape index (κ1) is 25.5. The van der Waals surface area contributed by atoms with E-state index < -0.39 is 16.9 Å². The fraction of sp³-hybridized carbons (Fsp3) is 0.0690. The summed E-state index contributed by atoms with van der Waals surface area (Å²) in [6.45, 7) is 0. The molecule has 0 aliphatic carbocycles. The van der Waals surface area contributed by atoms with Gasteiger partial charge in [0.25, 0.3) is 5.91 Å². The van der Waals surface area contributed by atoms with Crippen molar-refractivity contribution in [3.05, 3.63) is 136 Å². The number of benzene rings is 4. The molecule has 0 bridgehead atoms. The summed E-state index contributed by atoms with van der Waals surface area (Å²) in [4.78, 5) is 38.2. The van der Waals surface area contributed by atoms with E-state index in [4.69, 9.17) is 4.74 Å². The zero-order valence-corrected chi connectivity index (χ0v) is 22.1. The fourth-order valence-corrected chi connectivity index (χ4v) is 4.42. The SMILES string of the molecule is O=C(Nc1ccc(C(=O)O[C@@H](C(=O)c2ccccc2)[C@H](Br)c2ccccc2)cc1)c1ccc(Br)cc1. The van der Waals surface area contributed by atoms with E-state index >= 15 is 0 Å². The monoisotopic (exact) mass is 605 g/mol. The first-order valence-corrected chi connectivity index (χ1v) is 12.8. The number of amides is 1. The fourth-order valence-electron chi connectivity index (χ4n) is 3.50. The zero-order valence-electron chi connectivity index (χ0n) is 18.9. The molecule has 4 aromatic rings. The van der Waals surface area contributed by atoms with Crippen molar-refractivity contribution in [3.8, 4) is 0 Å². The van der Waals surface area contributed by atoms with E-state index in [1.54, 1.807) is 72.8 Å². The normalized spacial score (nSPS) is 12.3. The summed E-state index contributed by atoms with van der Waals surface area (Å²) in [6.07, 6.45) is -1.08. The van der Waals surface area contributed by atoms with Crippen molar-refractivity contribution in [3.63, 3.8) is 0 Å². The Kier molecular flexibility index (Phi) is 8.46. The van der Waals surface area contributed by atoms with Gasteiger partial charge in [-0.05, 0) is 54.1 Å². The third kappa shape index (κ3) is 6.36. The highest BCUT2D eigenvalue weighted by molar-refractivity contribution is 9.10. The van der Waals surface area contributed by atoms with E-state index in [0.29, 0.717) is 16.8 Å². The third-order valence-electron chi connectivity index (χ3n) is 5.42. The van der Waals surface area contributed by atoms with Crippen LogP contribution in [-0.4, -0.2) is 23.8 Å². The zero-order chi connectivity index (χ0) is 25.5. The van der Waals surface area contributed by atoms with Crippen LogP contribution in [0.3, 0.4) is 0 Å². The number of Topliss-reactive ketones (excluding diaryl/α,β-unsaturated/α-hetero) is 1. The van der Waals surface area contributed by atoms with Gasteiger partial charge in [-0.15, -0.1) is 0 Å². The molecule has 4 rings (SSSR count). The van der Waals surface area contributed by atoms with Crippen LogP contribution in [-0.2, 0) is 4.74 Å². The van der Waals surface area contributed by atoms with Gasteiger partial charge in [-0.2, -0.15) is 0 Å². The van der Waals surface area contributed by atoms with Crippen LogP contribution in [0.2, 0.25) is 0 Å². The molecule has 0 heterocycles. The molecule has 1 N–H and O–H groups in total. The van der Waals surface area contributed by atoms with Gasteiger partial charge < -0.3 is 10.1 Å². The molecule has 0 saturated heterocycles. The molecular weight excluding hydrogens is 586 g/mol. The Morgan fingerprint density at radius 1 is 0.667 bits per heavy atom. The molecule has 2 atom stereocenters. The van der Waals surface area contributed by atoms with Gasteiger partial charge in [0.2, 0.25) is 5.78 Å². The van der Waals surface area contributed by atoms with Crippen molar-refractivity contribution < 1.29 is 19.1 Å². The number of hydrogen-bond acceptors (Lipinski definition) is 4. The summed E-state index contributed by atoms with van der Waals surface area (Å²) in [5.74, 6) is -1.22. The Labute approximate surface area is 225 Å². The largest absolute Gasteiger partial charge is 0.449 e. The van der Waals surface area contributed by atoms with Gasteiger partial charge in [0, 0.05) is 21.3 Å². The summed E-state index contributed by atoms with van der Waals surface area (Å²) in [6, 6.07) is 31.4. The van der Waals surface area contributed by atoms with E-state index in [0.717, 1.165) is 10.0 Å². The van der Waals surface area contributed by atoms with Crippen molar-refractivity contribution in [2.24, 2.45) is 0 Å². The van der Waals surface area contributed by atoms with Gasteiger partial charge in [-0.1, -0.05) is 92.5 Å². The van der Waals surface area contributed by atoms with Crippen LogP contribution in [0.5, 0.6) is 0 Å². The number of carbonyl (C=O) groups is 3. The van der Waals surface area contributed by atoms with Gasteiger partial charge in [-0.25, -0.2) is 4.79 Å². The van der Waals surface area contributed by atoms with Crippen LogP contribution in [0.15, 0.2) is 114 Å². The van der Waals surface area contributed by atoms with Crippen molar-refractivity contribution >= 4 is 55.2 Å². The topological polar surface area (TPSA) is 72.5 Å². The van der Waals surface area contributed by atoms with Gasteiger partial charge in [0.15, 0.2) is 6.10 Å². The van der Waals surface area contributed by atoms with E-state index in [2.05, 4.69) is 37.2 Å². The molecule has 0 fully saturated rings. The maximum absolute atomic E-state index is 13.3. The smallest absolute Gasteiger partial charge is 0.338 e. The van der Waals surface area contributed by atoms with Gasteiger partial charge >= 0.3 is 5.97 Å². The Balaban J connectivity index is 1.50. The maximum Gasteiger partial charge on any atom is 0.338 e. The standard InChI is InChI=1S/C29H21Br2NO4/c30-23-15-11-21(12-16-23)28(34)32-24-17-13-22(14-18-24)29(35)36-27(25(31)19-7-3-1-4-8-19)26(33)20-9-5-2-6-10-20/h1-18,25,27H,(H,32,34)/t25-,27-/m1/s1. The predicted octanol–water partition coefficient (Wildman–Crippen LogP) is 7.25. The Bertz CT molecular complexity index is 1340. The highest BCUT2D eigenvalue weighted by Crippen LogP contribution is 2.31. The summed E-state index contributed by atoms with van der Waals surface area (Å²) in [5.41, 5.74) is 2.55. The molecular formula is C29H21Br2NO4. The second-order valence-corrected chi connectivity index (χ2v) is 9.81. The lowest BCUT2D eigenvalue weighted by Gasteiger charge is -2.22. The summed E-state index contributed by atoms with van der Waals surface area (Å²) in [7, 11) is 0. The predicted molar refractivity (Wildman–Crippen MR) is 147 cm³/mol. The number of ether oxygens (including phenoxy) is 1. The number of nitrogens with one attached hydrogen (secondary N) is 1. The minimum Gasteiger partial charge on any atom is -0.449 e. The van der Waals surface area contributed by atoms with E-state index in [9.17, 15) is 14.4 Å². The Morgan fingerprint density at radius 2 is 1.22 bits per heavy atom. The van der Waals surface area contributed by atoms with Crippen molar-refractivity contribution in [1.82, 2.24) is 0 Å². The number of rotatable bonds is 8. The van der Waals surface area contributed by atoms with Gasteiger partial charge in [-0.3, -0.25) is 9.59 Å². The van der Waals surface area contributed by atoms with Crippen molar-refractivity contribution in [2.45, 2.75) is 10.9 Å². The van der Waals surface area contributed by atoms with E-state index in [1.807, 2.05) is 36.4 Å². The number of carbonyl (C=O) groups excluding carboxylic acids is 3. The molecule has 0 aromatic heterocycles. The Morgan fingerprint density at radius 3 is 1.83 bits per heavy atom. The highest BCUT2D eigenvalue weighted by Gasteiger charge is 2.32. The van der Waals surface area contributed by atoms with Gasteiger partial charge in [0.1, 0.15) is 0 Å². The quantitative estimate of drug-likeness (QED) is 0.130. The third-order valence-corrected chi connectivity index (χ3v) is 6.96. The molecule has 5 nitrogen and oxygen atoms in total. The lowest BCUT2D eigenvalue weighted by atomic mass is 9.99. The lowest BCUT2D eigenvalue weighted by molar-refractivity contribution is 0.0282. The first-order valence-electron chi connectivity index (χ1n) is 11.1. The molecule has 4 aromatic carbocycles. The number of hydrogen-bond donors (Lipinski definition) is 1. The van der Waals surface area contributed by atoms with Crippen LogP contribution in [0.4, 0.5) is 5.69 Å². The molecule has 0 radical (unpaired) electrons. The van der Waals surface area contributed by atoms with Crippen molar-refractivity contribution in [2.75, 3.05) is 5.32 Å². The summed E-state index contributed by atoms with van der Waals surface area (Å²) >= 11 is 6.91. The van der Waals surface area contributed by atoms with Crippen LogP contribution in [0.1, 0.15) is 41.5 Å². The number of halogens is 2. The van der Waals surface area contributed by atoms with Crippen LogP contribution in [0.25, 0.3) is 0 Å². The molecule has 0 spiro atoms. The van der Waals surface area contributed by atoms with Crippen LogP contribution >= 0.6 is 31.9 Å². The molecule has 180 valence electrons. The number of alkyl halides is 1. The second-order valence-electron chi connectivity index (χ2n) is 7.91. The molecule has 0 aliphatic rings.